The van der Waals surface area contributed by atoms with Gasteiger partial charge < -0.3 is 14.0 Å². The quantitative estimate of drug-likeness (QED) is 0.769. The molecule has 0 saturated heterocycles. The molecule has 0 aliphatic heterocycles. The number of ether oxygens (including phenoxy) is 2. The van der Waals surface area contributed by atoms with Gasteiger partial charge in [0.2, 0.25) is 11.7 Å². The standard InChI is InChI=1S/C12H20N2O4/c1-12(2,3)10(17-5)11-13-9(18-14-11)6-8(15)7-16-4/h10H,6-7H2,1-5H3. The topological polar surface area (TPSA) is 74.5 Å². The van der Waals surface area contributed by atoms with E-state index in [-0.39, 0.29) is 30.3 Å². The molecule has 18 heavy (non-hydrogen) atoms. The molecule has 1 unspecified atom stereocenters. The molecule has 0 aliphatic rings. The molecule has 0 bridgehead atoms. The monoisotopic (exact) mass is 256 g/mol. The Kier molecular flexibility index (Phi) is 4.98. The summed E-state index contributed by atoms with van der Waals surface area (Å²) in [6.45, 7) is 6.11. The summed E-state index contributed by atoms with van der Waals surface area (Å²) in [6.07, 6.45) is -0.186. The molecule has 1 heterocycles. The second-order valence-corrected chi connectivity index (χ2v) is 5.18. The van der Waals surface area contributed by atoms with Gasteiger partial charge in [0.1, 0.15) is 12.7 Å². The molecule has 1 aromatic rings. The van der Waals surface area contributed by atoms with Gasteiger partial charge in [0.25, 0.3) is 0 Å². The number of hydrogen-bond acceptors (Lipinski definition) is 6. The molecule has 0 aliphatic carbocycles. The van der Waals surface area contributed by atoms with E-state index in [1.807, 2.05) is 20.8 Å². The number of carbonyl (C=O) groups excluding carboxylic acids is 1. The van der Waals surface area contributed by atoms with Crippen molar-refractivity contribution >= 4 is 5.78 Å². The maximum absolute atomic E-state index is 11.4. The van der Waals surface area contributed by atoms with E-state index < -0.39 is 0 Å². The lowest BCUT2D eigenvalue weighted by atomic mass is 9.88. The third kappa shape index (κ3) is 3.89. The Balaban J connectivity index is 2.76. The van der Waals surface area contributed by atoms with E-state index in [9.17, 15) is 4.79 Å². The Bertz CT molecular complexity index is 395. The van der Waals surface area contributed by atoms with Crippen LogP contribution in [0, 0.1) is 5.41 Å². The molecular weight excluding hydrogens is 236 g/mol. The van der Waals surface area contributed by atoms with Gasteiger partial charge in [-0.2, -0.15) is 4.98 Å². The molecule has 0 radical (unpaired) electrons. The van der Waals surface area contributed by atoms with E-state index >= 15 is 0 Å². The fourth-order valence-corrected chi connectivity index (χ4v) is 1.67. The molecular formula is C12H20N2O4. The van der Waals surface area contributed by atoms with Gasteiger partial charge in [-0.1, -0.05) is 25.9 Å². The average molecular weight is 256 g/mol. The van der Waals surface area contributed by atoms with Crippen molar-refractivity contribution in [3.05, 3.63) is 11.7 Å². The highest BCUT2D eigenvalue weighted by Crippen LogP contribution is 2.33. The van der Waals surface area contributed by atoms with Gasteiger partial charge in [-0.25, -0.2) is 0 Å². The van der Waals surface area contributed by atoms with Crippen molar-refractivity contribution < 1.29 is 18.8 Å². The van der Waals surface area contributed by atoms with Crippen LogP contribution in [0.5, 0.6) is 0 Å². The lowest BCUT2D eigenvalue weighted by Gasteiger charge is -2.26. The molecule has 0 spiro atoms. The zero-order valence-electron chi connectivity index (χ0n) is 11.5. The molecule has 1 aromatic heterocycles. The van der Waals surface area contributed by atoms with Gasteiger partial charge in [-0.15, -0.1) is 0 Å². The number of nitrogens with zero attached hydrogens (tertiary/aromatic N) is 2. The first-order chi connectivity index (χ1) is 8.38. The lowest BCUT2D eigenvalue weighted by molar-refractivity contribution is -0.122. The maximum atomic E-state index is 11.4. The fourth-order valence-electron chi connectivity index (χ4n) is 1.67. The summed E-state index contributed by atoms with van der Waals surface area (Å²) in [4.78, 5) is 15.6. The third-order valence-corrected chi connectivity index (χ3v) is 2.39. The Hall–Kier alpha value is -1.27. The first-order valence-corrected chi connectivity index (χ1v) is 5.74. The first-order valence-electron chi connectivity index (χ1n) is 5.74. The summed E-state index contributed by atoms with van der Waals surface area (Å²) in [5.41, 5.74) is -0.146. The van der Waals surface area contributed by atoms with Crippen molar-refractivity contribution in [3.63, 3.8) is 0 Å². The minimum Gasteiger partial charge on any atom is -0.377 e. The Morgan fingerprint density at radius 1 is 1.39 bits per heavy atom. The van der Waals surface area contributed by atoms with Crippen LogP contribution in [-0.4, -0.2) is 36.8 Å². The number of rotatable bonds is 6. The van der Waals surface area contributed by atoms with Gasteiger partial charge in [0.05, 0.1) is 6.42 Å². The number of hydrogen-bond donors (Lipinski definition) is 0. The Morgan fingerprint density at radius 3 is 2.56 bits per heavy atom. The Morgan fingerprint density at radius 2 is 2.06 bits per heavy atom. The van der Waals surface area contributed by atoms with Gasteiger partial charge in [-0.05, 0) is 5.41 Å². The molecule has 0 saturated carbocycles. The summed E-state index contributed by atoms with van der Waals surface area (Å²) in [7, 11) is 3.07. The van der Waals surface area contributed by atoms with Crippen molar-refractivity contribution in [2.75, 3.05) is 20.8 Å². The summed E-state index contributed by atoms with van der Waals surface area (Å²) in [5.74, 6) is 0.654. The first kappa shape index (κ1) is 14.8. The number of methoxy groups -OCH3 is 2. The summed E-state index contributed by atoms with van der Waals surface area (Å²) >= 11 is 0. The van der Waals surface area contributed by atoms with Crippen molar-refractivity contribution in [2.45, 2.75) is 33.3 Å². The predicted octanol–water partition coefficient (Wildman–Crippen LogP) is 1.56. The smallest absolute Gasteiger partial charge is 0.234 e. The van der Waals surface area contributed by atoms with E-state index in [1.54, 1.807) is 7.11 Å². The minimum absolute atomic E-state index is 0.0463. The van der Waals surface area contributed by atoms with E-state index in [2.05, 4.69) is 10.1 Å². The summed E-state index contributed by atoms with van der Waals surface area (Å²) in [5, 5.41) is 3.86. The van der Waals surface area contributed by atoms with Crippen molar-refractivity contribution in [2.24, 2.45) is 5.41 Å². The van der Waals surface area contributed by atoms with Crippen LogP contribution in [0.2, 0.25) is 0 Å². The van der Waals surface area contributed by atoms with Gasteiger partial charge >= 0.3 is 0 Å². The summed E-state index contributed by atoms with van der Waals surface area (Å²) in [6, 6.07) is 0. The fraction of sp³-hybridized carbons (Fsp3) is 0.750. The number of carbonyl (C=O) groups is 1. The van der Waals surface area contributed by atoms with Crippen LogP contribution in [0.4, 0.5) is 0 Å². The minimum atomic E-state index is -0.271. The second-order valence-electron chi connectivity index (χ2n) is 5.18. The number of ketones is 1. The molecule has 0 amide bonds. The normalized spacial score (nSPS) is 13.6. The highest BCUT2D eigenvalue weighted by molar-refractivity contribution is 5.81. The average Bonchev–Trinajstić information content (AvgIpc) is 2.65. The molecule has 0 N–H and O–H groups in total. The molecule has 102 valence electrons. The van der Waals surface area contributed by atoms with Gasteiger partial charge in [0.15, 0.2) is 5.78 Å². The van der Waals surface area contributed by atoms with E-state index in [1.165, 1.54) is 7.11 Å². The summed E-state index contributed by atoms with van der Waals surface area (Å²) < 4.78 is 15.2. The van der Waals surface area contributed by atoms with Gasteiger partial charge in [0, 0.05) is 14.2 Å². The van der Waals surface area contributed by atoms with Crippen molar-refractivity contribution in [1.29, 1.82) is 0 Å². The highest BCUT2D eigenvalue weighted by atomic mass is 16.5. The van der Waals surface area contributed by atoms with Crippen molar-refractivity contribution in [1.82, 2.24) is 10.1 Å². The Labute approximate surface area is 107 Å². The molecule has 6 heteroatoms. The van der Waals surface area contributed by atoms with E-state index in [0.29, 0.717) is 11.7 Å². The number of Topliss-reactive ketones (excluding diaryl/α,β-unsaturated/α-hetero) is 1. The zero-order chi connectivity index (χ0) is 13.8. The maximum Gasteiger partial charge on any atom is 0.234 e. The molecule has 6 nitrogen and oxygen atoms in total. The zero-order valence-corrected chi connectivity index (χ0v) is 11.5. The van der Waals surface area contributed by atoms with Crippen LogP contribution in [0.25, 0.3) is 0 Å². The van der Waals surface area contributed by atoms with Crippen LogP contribution >= 0.6 is 0 Å². The molecule has 0 aromatic carbocycles. The SMILES string of the molecule is COCC(=O)Cc1nc(C(OC)C(C)(C)C)no1. The second kappa shape index (κ2) is 6.06. The molecule has 0 fully saturated rings. The lowest BCUT2D eigenvalue weighted by Crippen LogP contribution is -2.21. The van der Waals surface area contributed by atoms with Crippen molar-refractivity contribution in [3.8, 4) is 0 Å². The van der Waals surface area contributed by atoms with E-state index in [4.69, 9.17) is 14.0 Å². The molecule has 1 atom stereocenters. The van der Waals surface area contributed by atoms with Crippen LogP contribution in [0.15, 0.2) is 4.52 Å². The van der Waals surface area contributed by atoms with Crippen LogP contribution in [0.1, 0.15) is 38.6 Å². The number of aromatic nitrogens is 2. The predicted molar refractivity (Wildman–Crippen MR) is 64.1 cm³/mol. The van der Waals surface area contributed by atoms with E-state index in [0.717, 1.165) is 0 Å². The van der Waals surface area contributed by atoms with Crippen LogP contribution in [-0.2, 0) is 20.7 Å². The van der Waals surface area contributed by atoms with Gasteiger partial charge in [-0.3, -0.25) is 4.79 Å². The third-order valence-electron chi connectivity index (χ3n) is 2.39. The largest absolute Gasteiger partial charge is 0.377 e. The van der Waals surface area contributed by atoms with Crippen LogP contribution in [0.3, 0.4) is 0 Å². The van der Waals surface area contributed by atoms with Crippen LogP contribution < -0.4 is 0 Å². The molecule has 1 rings (SSSR count). The highest BCUT2D eigenvalue weighted by Gasteiger charge is 2.30.